The van der Waals surface area contributed by atoms with Crippen molar-refractivity contribution < 1.29 is 4.92 Å². The van der Waals surface area contributed by atoms with E-state index in [0.717, 1.165) is 29.3 Å². The molecule has 1 aliphatic carbocycles. The van der Waals surface area contributed by atoms with Crippen LogP contribution in [0.3, 0.4) is 0 Å². The zero-order chi connectivity index (χ0) is 12.6. The van der Waals surface area contributed by atoms with Crippen LogP contribution in [-0.2, 0) is 6.42 Å². The molecule has 1 atom stereocenters. The molecular weight excluding hydrogens is 350 g/mol. The fraction of sp³-hybridized carbons (Fsp3) is 0.500. The van der Waals surface area contributed by atoms with Crippen LogP contribution in [0.5, 0.6) is 0 Å². The minimum atomic E-state index is -0.297. The van der Waals surface area contributed by atoms with Crippen molar-refractivity contribution in [2.75, 3.05) is 0 Å². The van der Waals surface area contributed by atoms with Crippen LogP contribution in [-0.4, -0.2) is 9.75 Å². The summed E-state index contributed by atoms with van der Waals surface area (Å²) in [6, 6.07) is 5.32. The average Bonchev–Trinajstić information content (AvgIpc) is 3.01. The summed E-state index contributed by atoms with van der Waals surface area (Å²) >= 11 is 6.89. The van der Waals surface area contributed by atoms with Crippen molar-refractivity contribution in [3.8, 4) is 0 Å². The second-order valence-electron chi connectivity index (χ2n) is 4.69. The van der Waals surface area contributed by atoms with Crippen molar-refractivity contribution in [3.05, 3.63) is 38.3 Å². The highest BCUT2D eigenvalue weighted by Gasteiger charge is 2.47. The van der Waals surface area contributed by atoms with Crippen LogP contribution < -0.4 is 0 Å². The monoisotopic (exact) mass is 361 g/mol. The number of nitrogens with zero attached hydrogens (tertiary/aromatic N) is 1. The van der Waals surface area contributed by atoms with Crippen LogP contribution in [0.1, 0.15) is 25.3 Å². The van der Waals surface area contributed by atoms with Gasteiger partial charge in [0.05, 0.1) is 4.92 Å². The van der Waals surface area contributed by atoms with Gasteiger partial charge in [-0.2, -0.15) is 0 Å². The lowest BCUT2D eigenvalue weighted by molar-refractivity contribution is -0.385. The average molecular weight is 363 g/mol. The quantitative estimate of drug-likeness (QED) is 0.450. The van der Waals surface area contributed by atoms with Gasteiger partial charge in [-0.05, 0) is 30.7 Å². The number of hydrogen-bond acceptors (Lipinski definition) is 2. The van der Waals surface area contributed by atoms with E-state index in [4.69, 9.17) is 0 Å². The summed E-state index contributed by atoms with van der Waals surface area (Å²) in [4.78, 5) is 11.1. The predicted octanol–water partition coefficient (Wildman–Crippen LogP) is 4.46. The van der Waals surface area contributed by atoms with Crippen LogP contribution >= 0.6 is 31.9 Å². The van der Waals surface area contributed by atoms with E-state index in [-0.39, 0.29) is 16.0 Å². The van der Waals surface area contributed by atoms with Crippen molar-refractivity contribution >= 4 is 37.5 Å². The molecule has 0 amide bonds. The third-order valence-electron chi connectivity index (χ3n) is 3.52. The Kier molecular flexibility index (Phi) is 3.59. The van der Waals surface area contributed by atoms with Crippen LogP contribution in [0, 0.1) is 15.5 Å². The molecule has 0 N–H and O–H groups in total. The van der Waals surface area contributed by atoms with Crippen molar-refractivity contribution in [1.29, 1.82) is 0 Å². The molecular formula is C12H13Br2NO2. The largest absolute Gasteiger partial charge is 0.273 e. The van der Waals surface area contributed by atoms with Gasteiger partial charge in [0, 0.05) is 20.9 Å². The van der Waals surface area contributed by atoms with Crippen molar-refractivity contribution in [3.63, 3.8) is 0 Å². The molecule has 0 heterocycles. The van der Waals surface area contributed by atoms with Crippen LogP contribution in [0.15, 0.2) is 22.7 Å². The number of halogens is 2. The summed E-state index contributed by atoms with van der Waals surface area (Å²) in [6.07, 6.45) is 3.07. The Bertz CT molecular complexity index is 456. The second kappa shape index (κ2) is 4.69. The third-order valence-corrected chi connectivity index (χ3v) is 4.99. The van der Waals surface area contributed by atoms with E-state index >= 15 is 0 Å². The van der Waals surface area contributed by atoms with Gasteiger partial charge in [-0.1, -0.05) is 44.8 Å². The van der Waals surface area contributed by atoms with Gasteiger partial charge in [0.25, 0.3) is 5.69 Å². The van der Waals surface area contributed by atoms with Gasteiger partial charge < -0.3 is 0 Å². The fourth-order valence-corrected chi connectivity index (χ4v) is 3.08. The molecule has 3 nitrogen and oxygen atoms in total. The zero-order valence-electron chi connectivity index (χ0n) is 9.45. The number of nitro groups is 1. The predicted molar refractivity (Wildman–Crippen MR) is 74.6 cm³/mol. The summed E-state index contributed by atoms with van der Waals surface area (Å²) in [7, 11) is 0. The van der Waals surface area contributed by atoms with Gasteiger partial charge in [-0.15, -0.1) is 0 Å². The molecule has 92 valence electrons. The first-order valence-corrected chi connectivity index (χ1v) is 7.22. The van der Waals surface area contributed by atoms with Gasteiger partial charge in [-0.3, -0.25) is 10.1 Å². The molecule has 0 aromatic heterocycles. The molecule has 0 saturated heterocycles. The standard InChI is InChI=1S/C12H13Br2NO2/c1-8(13)12(4-5-12)7-9-2-3-10(14)6-11(9)15(16)17/h2-3,6,8H,4-5,7H2,1H3. The molecule has 5 heteroatoms. The Balaban J connectivity index is 2.30. The van der Waals surface area contributed by atoms with E-state index < -0.39 is 0 Å². The Morgan fingerprint density at radius 2 is 2.18 bits per heavy atom. The van der Waals surface area contributed by atoms with Gasteiger partial charge in [0.1, 0.15) is 0 Å². The molecule has 1 aromatic carbocycles. The number of rotatable bonds is 4. The van der Waals surface area contributed by atoms with Gasteiger partial charge in [0.15, 0.2) is 0 Å². The van der Waals surface area contributed by atoms with Crippen LogP contribution in [0.4, 0.5) is 5.69 Å². The van der Waals surface area contributed by atoms with E-state index in [0.29, 0.717) is 4.83 Å². The highest BCUT2D eigenvalue weighted by Crippen LogP contribution is 2.54. The topological polar surface area (TPSA) is 43.1 Å². The second-order valence-corrected chi connectivity index (χ2v) is 6.97. The molecule has 2 rings (SSSR count). The first-order valence-electron chi connectivity index (χ1n) is 5.51. The number of hydrogen-bond donors (Lipinski definition) is 0. The molecule has 1 aromatic rings. The summed E-state index contributed by atoms with van der Waals surface area (Å²) in [5.74, 6) is 0. The smallest absolute Gasteiger partial charge is 0.258 e. The highest BCUT2D eigenvalue weighted by atomic mass is 79.9. The van der Waals surface area contributed by atoms with Crippen molar-refractivity contribution in [2.24, 2.45) is 5.41 Å². The summed E-state index contributed by atoms with van der Waals surface area (Å²) < 4.78 is 0.754. The third kappa shape index (κ3) is 2.71. The first-order chi connectivity index (χ1) is 7.94. The number of benzene rings is 1. The maximum atomic E-state index is 11.0. The SMILES string of the molecule is CC(Br)C1(Cc2ccc(Br)cc2[N+](=O)[O-])CC1. The molecule has 1 unspecified atom stereocenters. The lowest BCUT2D eigenvalue weighted by Crippen LogP contribution is -2.16. The summed E-state index contributed by atoms with van der Waals surface area (Å²) in [6.45, 7) is 2.12. The summed E-state index contributed by atoms with van der Waals surface area (Å²) in [5, 5.41) is 11.0. The minimum absolute atomic E-state index is 0.221. The maximum absolute atomic E-state index is 11.0. The van der Waals surface area contributed by atoms with Gasteiger partial charge in [0.2, 0.25) is 0 Å². The fourth-order valence-electron chi connectivity index (χ4n) is 2.11. The molecule has 0 spiro atoms. The van der Waals surface area contributed by atoms with E-state index in [1.165, 1.54) is 0 Å². The normalized spacial score (nSPS) is 18.8. The van der Waals surface area contributed by atoms with E-state index in [1.807, 2.05) is 12.1 Å². The van der Waals surface area contributed by atoms with Crippen LogP contribution in [0.2, 0.25) is 0 Å². The Hall–Kier alpha value is -0.420. The Labute approximate surface area is 117 Å². The van der Waals surface area contributed by atoms with Gasteiger partial charge >= 0.3 is 0 Å². The zero-order valence-corrected chi connectivity index (χ0v) is 12.6. The molecule has 1 saturated carbocycles. The van der Waals surface area contributed by atoms with Crippen LogP contribution in [0.25, 0.3) is 0 Å². The Morgan fingerprint density at radius 3 is 2.65 bits per heavy atom. The summed E-state index contributed by atoms with van der Waals surface area (Å²) in [5.41, 5.74) is 1.28. The van der Waals surface area contributed by atoms with E-state index in [9.17, 15) is 10.1 Å². The first kappa shape index (κ1) is 13.0. The van der Waals surface area contributed by atoms with Crippen molar-refractivity contribution in [1.82, 2.24) is 0 Å². The van der Waals surface area contributed by atoms with E-state index in [2.05, 4.69) is 38.8 Å². The maximum Gasteiger partial charge on any atom is 0.273 e. The molecule has 1 fully saturated rings. The lowest BCUT2D eigenvalue weighted by atomic mass is 9.93. The highest BCUT2D eigenvalue weighted by molar-refractivity contribution is 9.10. The molecule has 1 aliphatic rings. The molecule has 0 aliphatic heterocycles. The molecule has 0 radical (unpaired) electrons. The minimum Gasteiger partial charge on any atom is -0.258 e. The lowest BCUT2D eigenvalue weighted by Gasteiger charge is -2.18. The van der Waals surface area contributed by atoms with E-state index in [1.54, 1.807) is 6.07 Å². The van der Waals surface area contributed by atoms with Gasteiger partial charge in [-0.25, -0.2) is 0 Å². The Morgan fingerprint density at radius 1 is 1.53 bits per heavy atom. The molecule has 0 bridgehead atoms. The number of alkyl halides is 1. The van der Waals surface area contributed by atoms with Crippen molar-refractivity contribution in [2.45, 2.75) is 31.0 Å². The number of nitro benzene ring substituents is 1. The molecule has 17 heavy (non-hydrogen) atoms.